The van der Waals surface area contributed by atoms with E-state index in [1.54, 1.807) is 6.26 Å². The molecule has 0 radical (unpaired) electrons. The molecule has 0 aromatic carbocycles. The van der Waals surface area contributed by atoms with Crippen LogP contribution in [0.5, 0.6) is 0 Å². The van der Waals surface area contributed by atoms with E-state index in [-0.39, 0.29) is 6.10 Å². The van der Waals surface area contributed by atoms with Crippen LogP contribution in [0.4, 0.5) is 0 Å². The van der Waals surface area contributed by atoms with Gasteiger partial charge in [0.1, 0.15) is 0 Å². The van der Waals surface area contributed by atoms with Gasteiger partial charge >= 0.3 is 0 Å². The molecular formula is C9H18O2S. The first-order valence-electron chi connectivity index (χ1n) is 4.68. The van der Waals surface area contributed by atoms with Crippen molar-refractivity contribution in [2.75, 3.05) is 12.0 Å². The minimum atomic E-state index is -0.847. The largest absolute Gasteiger partial charge is 0.392 e. The van der Waals surface area contributed by atoms with Crippen molar-refractivity contribution in [3.05, 3.63) is 0 Å². The van der Waals surface area contributed by atoms with Gasteiger partial charge in [-0.2, -0.15) is 0 Å². The van der Waals surface area contributed by atoms with Gasteiger partial charge in [0.05, 0.1) is 6.10 Å². The molecule has 72 valence electrons. The van der Waals surface area contributed by atoms with Gasteiger partial charge in [-0.25, -0.2) is 0 Å². The van der Waals surface area contributed by atoms with Crippen LogP contribution in [0.15, 0.2) is 0 Å². The third kappa shape index (κ3) is 3.23. The lowest BCUT2D eigenvalue weighted by Crippen LogP contribution is -2.27. The van der Waals surface area contributed by atoms with Gasteiger partial charge < -0.3 is 5.11 Å². The summed E-state index contributed by atoms with van der Waals surface area (Å²) in [5.41, 5.74) is 0. The summed E-state index contributed by atoms with van der Waals surface area (Å²) in [6.07, 6.45) is 7.35. The first-order valence-corrected chi connectivity index (χ1v) is 6.41. The van der Waals surface area contributed by atoms with Crippen LogP contribution in [0.1, 0.15) is 32.1 Å². The number of aliphatic hydroxyl groups is 1. The Bertz CT molecular complexity index is 153. The summed E-state index contributed by atoms with van der Waals surface area (Å²) in [5, 5.41) is 9.65. The van der Waals surface area contributed by atoms with Gasteiger partial charge in [-0.15, -0.1) is 0 Å². The van der Waals surface area contributed by atoms with E-state index in [2.05, 4.69) is 0 Å². The highest BCUT2D eigenvalue weighted by Gasteiger charge is 2.22. The molecule has 3 heteroatoms. The van der Waals surface area contributed by atoms with Gasteiger partial charge in [0, 0.05) is 22.8 Å². The first-order chi connectivity index (χ1) is 5.70. The lowest BCUT2D eigenvalue weighted by atomic mass is 9.86. The van der Waals surface area contributed by atoms with Gasteiger partial charge in [-0.1, -0.05) is 19.3 Å². The van der Waals surface area contributed by atoms with E-state index in [4.69, 9.17) is 0 Å². The predicted octanol–water partition coefficient (Wildman–Crippen LogP) is 1.31. The summed E-state index contributed by atoms with van der Waals surface area (Å²) in [6.45, 7) is 0. The highest BCUT2D eigenvalue weighted by atomic mass is 32.2. The lowest BCUT2D eigenvalue weighted by Gasteiger charge is -2.25. The Labute approximate surface area is 76.8 Å². The van der Waals surface area contributed by atoms with Crippen molar-refractivity contribution >= 4 is 10.8 Å². The van der Waals surface area contributed by atoms with Gasteiger partial charge in [0.25, 0.3) is 0 Å². The molecule has 1 aliphatic rings. The summed E-state index contributed by atoms with van der Waals surface area (Å²) in [4.78, 5) is 0. The predicted molar refractivity (Wildman–Crippen MR) is 51.5 cm³/mol. The van der Waals surface area contributed by atoms with Crippen LogP contribution in [-0.4, -0.2) is 27.4 Å². The van der Waals surface area contributed by atoms with E-state index in [1.807, 2.05) is 0 Å². The Morgan fingerprint density at radius 3 is 2.50 bits per heavy atom. The van der Waals surface area contributed by atoms with Crippen molar-refractivity contribution in [1.29, 1.82) is 0 Å². The van der Waals surface area contributed by atoms with E-state index in [9.17, 15) is 9.32 Å². The van der Waals surface area contributed by atoms with Crippen LogP contribution in [0.25, 0.3) is 0 Å². The summed E-state index contributed by atoms with van der Waals surface area (Å²) in [7, 11) is -0.847. The number of hydrogen-bond donors (Lipinski definition) is 1. The maximum Gasteiger partial charge on any atom is 0.0683 e. The molecule has 2 nitrogen and oxygen atoms in total. The Morgan fingerprint density at radius 2 is 2.00 bits per heavy atom. The Hall–Kier alpha value is 0.110. The monoisotopic (exact) mass is 190 g/mol. The van der Waals surface area contributed by atoms with Crippen LogP contribution in [0.2, 0.25) is 0 Å². The number of hydrogen-bond acceptors (Lipinski definition) is 2. The van der Waals surface area contributed by atoms with E-state index in [0.717, 1.165) is 12.8 Å². The van der Waals surface area contributed by atoms with Crippen molar-refractivity contribution in [2.45, 2.75) is 38.2 Å². The molecule has 2 unspecified atom stereocenters. The molecule has 0 aromatic rings. The maximum absolute atomic E-state index is 10.8. The van der Waals surface area contributed by atoms with Crippen LogP contribution in [0.3, 0.4) is 0 Å². The molecule has 0 saturated heterocycles. The maximum atomic E-state index is 10.8. The molecule has 0 spiro atoms. The minimum absolute atomic E-state index is 0.323. The van der Waals surface area contributed by atoms with Gasteiger partial charge in [0.2, 0.25) is 0 Å². The second kappa shape index (κ2) is 4.97. The second-order valence-electron chi connectivity index (χ2n) is 3.71. The molecule has 1 rings (SSSR count). The highest BCUT2D eigenvalue weighted by molar-refractivity contribution is 7.84. The molecular weight excluding hydrogens is 172 g/mol. The van der Waals surface area contributed by atoms with Crippen molar-refractivity contribution in [2.24, 2.45) is 5.92 Å². The fraction of sp³-hybridized carbons (Fsp3) is 1.00. The smallest absolute Gasteiger partial charge is 0.0683 e. The second-order valence-corrected chi connectivity index (χ2v) is 5.19. The zero-order chi connectivity index (χ0) is 8.97. The minimum Gasteiger partial charge on any atom is -0.392 e. The van der Waals surface area contributed by atoms with Crippen molar-refractivity contribution in [3.63, 3.8) is 0 Å². The van der Waals surface area contributed by atoms with Crippen LogP contribution >= 0.6 is 0 Å². The zero-order valence-electron chi connectivity index (χ0n) is 7.66. The third-order valence-corrected chi connectivity index (χ3v) is 3.41. The molecule has 1 aliphatic carbocycles. The number of rotatable bonds is 3. The molecule has 0 aromatic heterocycles. The Balaban J connectivity index is 2.29. The van der Waals surface area contributed by atoms with E-state index < -0.39 is 10.8 Å². The highest BCUT2D eigenvalue weighted by Crippen LogP contribution is 2.26. The molecule has 1 N–H and O–H groups in total. The molecule has 0 heterocycles. The molecule has 2 atom stereocenters. The Morgan fingerprint density at radius 1 is 1.42 bits per heavy atom. The first kappa shape index (κ1) is 10.2. The molecule has 0 aliphatic heterocycles. The molecule has 12 heavy (non-hydrogen) atoms. The van der Waals surface area contributed by atoms with Crippen LogP contribution < -0.4 is 0 Å². The fourth-order valence-corrected chi connectivity index (χ4v) is 2.65. The van der Waals surface area contributed by atoms with E-state index >= 15 is 0 Å². The lowest BCUT2D eigenvalue weighted by molar-refractivity contribution is 0.104. The zero-order valence-corrected chi connectivity index (χ0v) is 8.48. The van der Waals surface area contributed by atoms with Crippen molar-refractivity contribution < 1.29 is 9.32 Å². The van der Waals surface area contributed by atoms with Gasteiger partial charge in [-0.3, -0.25) is 4.21 Å². The molecule has 1 fully saturated rings. The summed E-state index contributed by atoms with van der Waals surface area (Å²) in [6, 6.07) is 0. The van der Waals surface area contributed by atoms with Gasteiger partial charge in [0.15, 0.2) is 0 Å². The van der Waals surface area contributed by atoms with Crippen molar-refractivity contribution in [3.8, 4) is 0 Å². The summed E-state index contributed by atoms with van der Waals surface area (Å²) >= 11 is 0. The van der Waals surface area contributed by atoms with E-state index in [0.29, 0.717) is 11.7 Å². The quantitative estimate of drug-likeness (QED) is 0.728. The molecule has 0 amide bonds. The average molecular weight is 190 g/mol. The topological polar surface area (TPSA) is 37.3 Å². The fourth-order valence-electron chi connectivity index (χ4n) is 1.90. The number of aliphatic hydroxyl groups excluding tert-OH is 1. The summed E-state index contributed by atoms with van der Waals surface area (Å²) in [5.74, 6) is 0.882. The normalized spacial score (nSPS) is 25.2. The third-order valence-electron chi connectivity index (χ3n) is 2.60. The Kier molecular flexibility index (Phi) is 4.22. The van der Waals surface area contributed by atoms with Crippen LogP contribution in [-0.2, 0) is 10.8 Å². The molecule has 0 bridgehead atoms. The van der Waals surface area contributed by atoms with Crippen molar-refractivity contribution in [1.82, 2.24) is 0 Å². The standard InChI is InChI=1S/C9H18O2S/c1-12(11)7-9(10)8-5-3-2-4-6-8/h8-10H,2-7H2,1H3. The van der Waals surface area contributed by atoms with Crippen LogP contribution in [0, 0.1) is 5.92 Å². The van der Waals surface area contributed by atoms with Gasteiger partial charge in [-0.05, 0) is 18.8 Å². The van der Waals surface area contributed by atoms with E-state index in [1.165, 1.54) is 19.3 Å². The summed E-state index contributed by atoms with van der Waals surface area (Å²) < 4.78 is 10.8. The SMILES string of the molecule is CS(=O)CC(O)C1CCCCC1. The average Bonchev–Trinajstić information content (AvgIpc) is 2.05. The molecule has 1 saturated carbocycles.